The van der Waals surface area contributed by atoms with Gasteiger partial charge in [0, 0.05) is 25.2 Å². The highest BCUT2D eigenvalue weighted by molar-refractivity contribution is 5.19. The van der Waals surface area contributed by atoms with Crippen LogP contribution in [-0.2, 0) is 19.9 Å². The third-order valence-electron chi connectivity index (χ3n) is 3.23. The van der Waals surface area contributed by atoms with E-state index in [0.717, 1.165) is 23.5 Å². The first-order chi connectivity index (χ1) is 9.67. The van der Waals surface area contributed by atoms with E-state index < -0.39 is 0 Å². The van der Waals surface area contributed by atoms with Crippen LogP contribution in [0.3, 0.4) is 0 Å². The molecule has 108 valence electrons. The van der Waals surface area contributed by atoms with Crippen molar-refractivity contribution in [2.45, 2.75) is 25.8 Å². The van der Waals surface area contributed by atoms with E-state index >= 15 is 0 Å². The standard InChI is InChI=1S/C13H20N6O/c1-4-9-5-10(19(2)18-9)6-12(17-14)11-7-13(20-3)16-8-15-11/h5,7-8,12,17H,4,6,14H2,1-3H3. The first-order valence-corrected chi connectivity index (χ1v) is 6.51. The van der Waals surface area contributed by atoms with Crippen molar-refractivity contribution in [1.29, 1.82) is 0 Å². The molecular weight excluding hydrogens is 256 g/mol. The van der Waals surface area contributed by atoms with Gasteiger partial charge in [0.1, 0.15) is 6.33 Å². The van der Waals surface area contributed by atoms with Crippen LogP contribution in [0, 0.1) is 0 Å². The second kappa shape index (κ2) is 6.44. The molecule has 0 bridgehead atoms. The Balaban J connectivity index is 2.21. The summed E-state index contributed by atoms with van der Waals surface area (Å²) in [7, 11) is 3.51. The summed E-state index contributed by atoms with van der Waals surface area (Å²) in [5.74, 6) is 6.18. The molecule has 0 aliphatic carbocycles. The molecule has 7 nitrogen and oxygen atoms in total. The van der Waals surface area contributed by atoms with Crippen LogP contribution in [0.4, 0.5) is 0 Å². The Kier molecular flexibility index (Phi) is 4.65. The molecule has 0 aliphatic rings. The van der Waals surface area contributed by atoms with Crippen LogP contribution < -0.4 is 16.0 Å². The third-order valence-corrected chi connectivity index (χ3v) is 3.23. The normalized spacial score (nSPS) is 12.4. The number of aryl methyl sites for hydroxylation is 2. The average molecular weight is 276 g/mol. The monoisotopic (exact) mass is 276 g/mol. The molecule has 0 amide bonds. The van der Waals surface area contributed by atoms with Crippen LogP contribution in [0.2, 0.25) is 0 Å². The molecule has 2 aromatic heterocycles. The minimum Gasteiger partial charge on any atom is -0.481 e. The summed E-state index contributed by atoms with van der Waals surface area (Å²) in [6.45, 7) is 2.08. The highest BCUT2D eigenvalue weighted by Crippen LogP contribution is 2.18. The summed E-state index contributed by atoms with van der Waals surface area (Å²) < 4.78 is 6.98. The summed E-state index contributed by atoms with van der Waals surface area (Å²) >= 11 is 0. The van der Waals surface area contributed by atoms with E-state index in [0.29, 0.717) is 12.3 Å². The lowest BCUT2D eigenvalue weighted by molar-refractivity contribution is 0.393. The molecule has 1 unspecified atom stereocenters. The van der Waals surface area contributed by atoms with E-state index in [2.05, 4.69) is 33.5 Å². The van der Waals surface area contributed by atoms with Crippen molar-refractivity contribution < 1.29 is 4.74 Å². The van der Waals surface area contributed by atoms with Gasteiger partial charge in [0.25, 0.3) is 0 Å². The molecule has 0 aliphatic heterocycles. The lowest BCUT2D eigenvalue weighted by Gasteiger charge is -2.15. The lowest BCUT2D eigenvalue weighted by Crippen LogP contribution is -2.30. The maximum Gasteiger partial charge on any atom is 0.216 e. The summed E-state index contributed by atoms with van der Waals surface area (Å²) in [5.41, 5.74) is 5.74. The molecule has 0 aromatic carbocycles. The largest absolute Gasteiger partial charge is 0.481 e. The summed E-state index contributed by atoms with van der Waals surface area (Å²) in [6.07, 6.45) is 3.08. The highest BCUT2D eigenvalue weighted by Gasteiger charge is 2.16. The number of hydrazine groups is 1. The van der Waals surface area contributed by atoms with Gasteiger partial charge in [-0.25, -0.2) is 9.97 Å². The quantitative estimate of drug-likeness (QED) is 0.591. The van der Waals surface area contributed by atoms with E-state index in [4.69, 9.17) is 10.6 Å². The van der Waals surface area contributed by atoms with Crippen LogP contribution in [0.25, 0.3) is 0 Å². The van der Waals surface area contributed by atoms with Crippen molar-refractivity contribution in [1.82, 2.24) is 25.2 Å². The van der Waals surface area contributed by atoms with Crippen molar-refractivity contribution >= 4 is 0 Å². The minimum absolute atomic E-state index is 0.119. The van der Waals surface area contributed by atoms with Gasteiger partial charge >= 0.3 is 0 Å². The predicted octanol–water partition coefficient (Wildman–Crippen LogP) is 0.528. The molecule has 0 saturated heterocycles. The van der Waals surface area contributed by atoms with Gasteiger partial charge in [-0.2, -0.15) is 5.10 Å². The number of rotatable bonds is 6. The van der Waals surface area contributed by atoms with Crippen LogP contribution in [0.5, 0.6) is 5.88 Å². The maximum absolute atomic E-state index is 5.65. The van der Waals surface area contributed by atoms with E-state index in [1.165, 1.54) is 6.33 Å². The number of nitrogens with two attached hydrogens (primary N) is 1. The molecular formula is C13H20N6O. The topological polar surface area (TPSA) is 90.9 Å². The second-order valence-electron chi connectivity index (χ2n) is 4.51. The van der Waals surface area contributed by atoms with Crippen LogP contribution in [-0.4, -0.2) is 26.9 Å². The van der Waals surface area contributed by atoms with Gasteiger partial charge in [0.15, 0.2) is 0 Å². The number of hydrogen-bond donors (Lipinski definition) is 2. The number of hydrogen-bond acceptors (Lipinski definition) is 6. The molecule has 2 heterocycles. The number of ether oxygens (including phenoxy) is 1. The zero-order valence-electron chi connectivity index (χ0n) is 12.0. The number of nitrogens with one attached hydrogen (secondary N) is 1. The van der Waals surface area contributed by atoms with Crippen molar-refractivity contribution in [2.24, 2.45) is 12.9 Å². The van der Waals surface area contributed by atoms with Crippen molar-refractivity contribution in [3.8, 4) is 5.88 Å². The molecule has 2 rings (SSSR count). The third kappa shape index (κ3) is 3.12. The molecule has 3 N–H and O–H groups in total. The first kappa shape index (κ1) is 14.4. The molecule has 1 atom stereocenters. The second-order valence-corrected chi connectivity index (χ2v) is 4.51. The molecule has 0 spiro atoms. The fourth-order valence-electron chi connectivity index (χ4n) is 2.05. The van der Waals surface area contributed by atoms with E-state index in [9.17, 15) is 0 Å². The SMILES string of the molecule is CCc1cc(CC(NN)c2cc(OC)ncn2)n(C)n1. The Morgan fingerprint density at radius 1 is 1.40 bits per heavy atom. The Morgan fingerprint density at radius 3 is 2.80 bits per heavy atom. The smallest absolute Gasteiger partial charge is 0.216 e. The number of aromatic nitrogens is 4. The van der Waals surface area contributed by atoms with E-state index in [1.54, 1.807) is 13.2 Å². The molecule has 7 heteroatoms. The van der Waals surface area contributed by atoms with Crippen LogP contribution >= 0.6 is 0 Å². The van der Waals surface area contributed by atoms with E-state index in [1.807, 2.05) is 11.7 Å². The highest BCUT2D eigenvalue weighted by atomic mass is 16.5. The Labute approximate surface area is 118 Å². The van der Waals surface area contributed by atoms with Crippen molar-refractivity contribution in [3.05, 3.63) is 35.5 Å². The fraction of sp³-hybridized carbons (Fsp3) is 0.462. The van der Waals surface area contributed by atoms with Crippen LogP contribution in [0.15, 0.2) is 18.5 Å². The van der Waals surface area contributed by atoms with Gasteiger partial charge in [0.05, 0.1) is 24.5 Å². The van der Waals surface area contributed by atoms with Gasteiger partial charge in [-0.05, 0) is 12.5 Å². The van der Waals surface area contributed by atoms with Gasteiger partial charge in [-0.1, -0.05) is 6.92 Å². The van der Waals surface area contributed by atoms with Gasteiger partial charge in [-0.15, -0.1) is 0 Å². The van der Waals surface area contributed by atoms with Crippen molar-refractivity contribution in [3.63, 3.8) is 0 Å². The fourth-order valence-corrected chi connectivity index (χ4v) is 2.05. The zero-order valence-corrected chi connectivity index (χ0v) is 12.0. The lowest BCUT2D eigenvalue weighted by atomic mass is 10.1. The summed E-state index contributed by atoms with van der Waals surface area (Å²) in [6, 6.07) is 3.75. The Hall–Kier alpha value is -1.99. The Bertz CT molecular complexity index is 568. The number of nitrogens with zero attached hydrogens (tertiary/aromatic N) is 4. The van der Waals surface area contributed by atoms with Gasteiger partial charge in [-0.3, -0.25) is 16.0 Å². The zero-order chi connectivity index (χ0) is 14.5. The summed E-state index contributed by atoms with van der Waals surface area (Å²) in [4.78, 5) is 8.25. The van der Waals surface area contributed by atoms with E-state index in [-0.39, 0.29) is 6.04 Å². The minimum atomic E-state index is -0.119. The molecule has 20 heavy (non-hydrogen) atoms. The molecule has 2 aromatic rings. The Morgan fingerprint density at radius 2 is 2.20 bits per heavy atom. The van der Waals surface area contributed by atoms with Crippen LogP contribution in [0.1, 0.15) is 30.0 Å². The van der Waals surface area contributed by atoms with Crippen molar-refractivity contribution in [2.75, 3.05) is 7.11 Å². The first-order valence-electron chi connectivity index (χ1n) is 6.51. The number of methoxy groups -OCH3 is 1. The predicted molar refractivity (Wildman–Crippen MR) is 74.9 cm³/mol. The maximum atomic E-state index is 5.65. The summed E-state index contributed by atoms with van der Waals surface area (Å²) in [5, 5.41) is 4.43. The van der Waals surface area contributed by atoms with Gasteiger partial charge in [0.2, 0.25) is 5.88 Å². The molecule has 0 fully saturated rings. The van der Waals surface area contributed by atoms with Gasteiger partial charge < -0.3 is 4.74 Å². The average Bonchev–Trinajstić information content (AvgIpc) is 2.85. The molecule has 0 saturated carbocycles. The molecule has 0 radical (unpaired) electrons.